The van der Waals surface area contributed by atoms with Gasteiger partial charge in [0.15, 0.2) is 11.5 Å². The van der Waals surface area contributed by atoms with Gasteiger partial charge in [0.05, 0.1) is 0 Å². The van der Waals surface area contributed by atoms with Crippen LogP contribution in [0.1, 0.15) is 11.1 Å². The molecule has 0 aromatic heterocycles. The lowest BCUT2D eigenvalue weighted by Gasteiger charge is -2.15. The number of alkyl halides is 3. The van der Waals surface area contributed by atoms with Gasteiger partial charge in [-0.05, 0) is 37.1 Å². The Morgan fingerprint density at radius 2 is 1.70 bits per heavy atom. The second-order valence-corrected chi connectivity index (χ2v) is 4.21. The number of aryl methyl sites for hydroxylation is 1. The molecule has 0 saturated carbocycles. The fourth-order valence-electron chi connectivity index (χ4n) is 1.64. The van der Waals surface area contributed by atoms with Crippen molar-refractivity contribution in [3.63, 3.8) is 0 Å². The van der Waals surface area contributed by atoms with E-state index < -0.39 is 12.1 Å². The van der Waals surface area contributed by atoms with Gasteiger partial charge in [-0.25, -0.2) is 0 Å². The van der Waals surface area contributed by atoms with Gasteiger partial charge >= 0.3 is 6.36 Å². The van der Waals surface area contributed by atoms with E-state index in [1.54, 1.807) is 12.1 Å². The van der Waals surface area contributed by atoms with Crippen molar-refractivity contribution in [2.45, 2.75) is 20.2 Å². The highest BCUT2D eigenvalue weighted by atomic mass is 19.4. The van der Waals surface area contributed by atoms with Gasteiger partial charge in [0.2, 0.25) is 0 Å². The highest BCUT2D eigenvalue weighted by Gasteiger charge is 2.32. The first kappa shape index (κ1) is 14.2. The van der Waals surface area contributed by atoms with Gasteiger partial charge in [-0.3, -0.25) is 0 Å². The van der Waals surface area contributed by atoms with Crippen LogP contribution in [0.3, 0.4) is 0 Å². The summed E-state index contributed by atoms with van der Waals surface area (Å²) in [4.78, 5) is 0. The molecule has 105 valence electrons. The van der Waals surface area contributed by atoms with Gasteiger partial charge in [0.25, 0.3) is 0 Å². The summed E-state index contributed by atoms with van der Waals surface area (Å²) in [7, 11) is 0. The Bertz CT molecular complexity index is 606. The first-order chi connectivity index (χ1) is 9.37. The molecule has 1 radical (unpaired) electrons. The minimum atomic E-state index is -4.78. The van der Waals surface area contributed by atoms with E-state index in [4.69, 9.17) is 4.74 Å². The standard InChI is InChI=1S/C15H12F3O2/c1-10-6-5-9-12(11(10)2)19-13-7-3-4-8-14(13)20-15(16,17)18/h3-7,9H,1-2H3. The fourth-order valence-corrected chi connectivity index (χ4v) is 1.64. The van der Waals surface area contributed by atoms with Crippen molar-refractivity contribution in [3.8, 4) is 17.2 Å². The maximum Gasteiger partial charge on any atom is 0.573 e. The summed E-state index contributed by atoms with van der Waals surface area (Å²) >= 11 is 0. The van der Waals surface area contributed by atoms with Crippen molar-refractivity contribution in [3.05, 3.63) is 53.6 Å². The Balaban J connectivity index is 2.32. The molecule has 0 fully saturated rings. The normalized spacial score (nSPS) is 11.2. The first-order valence-corrected chi connectivity index (χ1v) is 5.87. The van der Waals surface area contributed by atoms with Crippen LogP contribution in [0.25, 0.3) is 0 Å². The molecule has 0 N–H and O–H groups in total. The molecule has 2 aromatic carbocycles. The van der Waals surface area contributed by atoms with Gasteiger partial charge in [-0.1, -0.05) is 24.3 Å². The number of ether oxygens (including phenoxy) is 2. The molecular weight excluding hydrogens is 269 g/mol. The minimum absolute atomic E-state index is 0.0291. The molecule has 0 aliphatic carbocycles. The molecule has 0 bridgehead atoms. The third-order valence-corrected chi connectivity index (χ3v) is 2.77. The van der Waals surface area contributed by atoms with E-state index in [9.17, 15) is 13.2 Å². The zero-order valence-corrected chi connectivity index (χ0v) is 10.9. The minimum Gasteiger partial charge on any atom is -0.453 e. The quantitative estimate of drug-likeness (QED) is 0.805. The van der Waals surface area contributed by atoms with Gasteiger partial charge in [-0.2, -0.15) is 0 Å². The van der Waals surface area contributed by atoms with E-state index in [2.05, 4.69) is 10.8 Å². The van der Waals surface area contributed by atoms with E-state index in [1.165, 1.54) is 18.2 Å². The van der Waals surface area contributed by atoms with E-state index in [1.807, 2.05) is 19.9 Å². The predicted octanol–water partition coefficient (Wildman–Crippen LogP) is 4.79. The van der Waals surface area contributed by atoms with Gasteiger partial charge in [0.1, 0.15) is 5.75 Å². The summed E-state index contributed by atoms with van der Waals surface area (Å²) in [5, 5.41) is 0. The topological polar surface area (TPSA) is 18.5 Å². The Morgan fingerprint density at radius 1 is 1.00 bits per heavy atom. The first-order valence-electron chi connectivity index (χ1n) is 5.87. The van der Waals surface area contributed by atoms with Gasteiger partial charge in [-0.15, -0.1) is 13.2 Å². The Hall–Kier alpha value is -2.17. The fraction of sp³-hybridized carbons (Fsp3) is 0.200. The van der Waals surface area contributed by atoms with Crippen LogP contribution in [0.5, 0.6) is 17.2 Å². The summed E-state index contributed by atoms with van der Waals surface area (Å²) in [6.45, 7) is 3.73. The summed E-state index contributed by atoms with van der Waals surface area (Å²) in [5.74, 6) is -0.0314. The maximum absolute atomic E-state index is 12.3. The van der Waals surface area contributed by atoms with E-state index >= 15 is 0 Å². The predicted molar refractivity (Wildman–Crippen MR) is 68.0 cm³/mol. The molecule has 2 aromatic rings. The SMILES string of the molecule is Cc1cccc(Oc2ccc[c]c2OC(F)(F)F)c1C. The van der Waals surface area contributed by atoms with Crippen molar-refractivity contribution < 1.29 is 22.6 Å². The van der Waals surface area contributed by atoms with Gasteiger partial charge in [0, 0.05) is 6.07 Å². The molecule has 0 heterocycles. The molecule has 0 amide bonds. The van der Waals surface area contributed by atoms with Crippen molar-refractivity contribution in [2.75, 3.05) is 0 Å². The van der Waals surface area contributed by atoms with Crippen molar-refractivity contribution in [1.82, 2.24) is 0 Å². The number of rotatable bonds is 3. The maximum atomic E-state index is 12.3. The van der Waals surface area contributed by atoms with Crippen LogP contribution in [0.15, 0.2) is 36.4 Å². The lowest BCUT2D eigenvalue weighted by atomic mass is 10.1. The molecule has 20 heavy (non-hydrogen) atoms. The molecule has 0 unspecified atom stereocenters. The highest BCUT2D eigenvalue weighted by molar-refractivity contribution is 5.45. The number of benzene rings is 2. The zero-order valence-electron chi connectivity index (χ0n) is 10.9. The van der Waals surface area contributed by atoms with E-state index in [0.717, 1.165) is 11.1 Å². The van der Waals surface area contributed by atoms with E-state index in [-0.39, 0.29) is 5.75 Å². The number of hydrogen-bond acceptors (Lipinski definition) is 2. The van der Waals surface area contributed by atoms with Crippen molar-refractivity contribution >= 4 is 0 Å². The molecule has 0 atom stereocenters. The molecule has 2 nitrogen and oxygen atoms in total. The molecule has 0 aliphatic rings. The van der Waals surface area contributed by atoms with Crippen LogP contribution in [0, 0.1) is 19.9 Å². The zero-order chi connectivity index (χ0) is 14.8. The van der Waals surface area contributed by atoms with Crippen LogP contribution in [-0.4, -0.2) is 6.36 Å². The Labute approximate surface area is 114 Å². The summed E-state index contributed by atoms with van der Waals surface area (Å²) < 4.78 is 46.3. The molecule has 0 spiro atoms. The Kier molecular flexibility index (Phi) is 3.88. The Morgan fingerprint density at radius 3 is 2.40 bits per heavy atom. The van der Waals surface area contributed by atoms with Gasteiger partial charge < -0.3 is 9.47 Å². The number of halogens is 3. The van der Waals surface area contributed by atoms with Crippen LogP contribution in [0.2, 0.25) is 0 Å². The number of hydrogen-bond donors (Lipinski definition) is 0. The second-order valence-electron chi connectivity index (χ2n) is 4.21. The van der Waals surface area contributed by atoms with Crippen LogP contribution in [0.4, 0.5) is 13.2 Å². The third kappa shape index (κ3) is 3.44. The van der Waals surface area contributed by atoms with Crippen molar-refractivity contribution in [2.24, 2.45) is 0 Å². The largest absolute Gasteiger partial charge is 0.573 e. The smallest absolute Gasteiger partial charge is 0.453 e. The summed E-state index contributed by atoms with van der Waals surface area (Å²) in [5.41, 5.74) is 1.84. The molecule has 0 saturated heterocycles. The second kappa shape index (κ2) is 5.45. The van der Waals surface area contributed by atoms with Crippen LogP contribution < -0.4 is 9.47 Å². The molecule has 5 heteroatoms. The molecular formula is C15H12F3O2. The van der Waals surface area contributed by atoms with Crippen molar-refractivity contribution in [1.29, 1.82) is 0 Å². The monoisotopic (exact) mass is 281 g/mol. The molecule has 0 aliphatic heterocycles. The lowest BCUT2D eigenvalue weighted by Crippen LogP contribution is -2.17. The summed E-state index contributed by atoms with van der Waals surface area (Å²) in [6, 6.07) is 12.0. The average molecular weight is 281 g/mol. The third-order valence-electron chi connectivity index (χ3n) is 2.77. The molecule has 2 rings (SSSR count). The lowest BCUT2D eigenvalue weighted by molar-refractivity contribution is -0.275. The van der Waals surface area contributed by atoms with Crippen LogP contribution in [-0.2, 0) is 0 Å². The average Bonchev–Trinajstić information content (AvgIpc) is 2.35. The number of para-hydroxylation sites is 1. The summed E-state index contributed by atoms with van der Waals surface area (Å²) in [6.07, 6.45) is -4.78. The highest BCUT2D eigenvalue weighted by Crippen LogP contribution is 2.35. The van der Waals surface area contributed by atoms with Crippen LogP contribution >= 0.6 is 0 Å². The van der Waals surface area contributed by atoms with E-state index in [0.29, 0.717) is 5.75 Å².